The van der Waals surface area contributed by atoms with Crippen molar-refractivity contribution >= 4 is 33.0 Å². The van der Waals surface area contributed by atoms with E-state index in [-0.39, 0.29) is 22.9 Å². The van der Waals surface area contributed by atoms with E-state index in [4.69, 9.17) is 5.11 Å². The van der Waals surface area contributed by atoms with Crippen LogP contribution < -0.4 is 0 Å². The molecule has 0 spiro atoms. The molecule has 2 aromatic heterocycles. The number of carboxylic acids is 1. The average Bonchev–Trinajstić information content (AvgIpc) is 3.28. The summed E-state index contributed by atoms with van der Waals surface area (Å²) in [7, 11) is -4.20. The van der Waals surface area contributed by atoms with Crippen molar-refractivity contribution in [2.45, 2.75) is 49.7 Å². The summed E-state index contributed by atoms with van der Waals surface area (Å²) in [5.74, 6) is -1.81. The number of aliphatic carboxylic acids is 1. The topological polar surface area (TPSA) is 130 Å². The van der Waals surface area contributed by atoms with E-state index < -0.39 is 40.4 Å². The maximum atomic E-state index is 14.2. The first-order valence-electron chi connectivity index (χ1n) is 12.4. The van der Waals surface area contributed by atoms with Crippen molar-refractivity contribution < 1.29 is 32.9 Å². The van der Waals surface area contributed by atoms with Gasteiger partial charge in [0.05, 0.1) is 29.8 Å². The van der Waals surface area contributed by atoms with Crippen molar-refractivity contribution in [2.24, 2.45) is 0 Å². The molecule has 0 amide bonds. The standard InChI is InChI=1S/C29H29FN2O6S/c1-18(2)25-17-32(39(37,38)26-7-3-5-19-6-4-14-31-28(19)26)29(20-8-10-21(30)11-9-20)24(25)13-12-22(33)15-23(34)16-27(35)36/h3-14,17-18,22-23,33-34H,15-16H2,1-2H3,(H,35,36)/b13-12+/t22-,23-/m1/s1. The number of nitrogens with zero attached hydrogens (tertiary/aromatic N) is 2. The Balaban J connectivity index is 1.91. The fourth-order valence-electron chi connectivity index (χ4n) is 4.47. The van der Waals surface area contributed by atoms with Gasteiger partial charge in [0.15, 0.2) is 0 Å². The van der Waals surface area contributed by atoms with E-state index in [0.29, 0.717) is 27.6 Å². The number of benzene rings is 2. The zero-order valence-electron chi connectivity index (χ0n) is 21.4. The number of para-hydroxylation sites is 1. The molecule has 10 heteroatoms. The van der Waals surface area contributed by atoms with Crippen LogP contribution in [0, 0.1) is 5.82 Å². The van der Waals surface area contributed by atoms with Gasteiger partial charge in [0.1, 0.15) is 10.7 Å². The van der Waals surface area contributed by atoms with Crippen molar-refractivity contribution in [3.8, 4) is 11.3 Å². The highest BCUT2D eigenvalue weighted by Gasteiger charge is 2.28. The number of aromatic nitrogens is 2. The quantitative estimate of drug-likeness (QED) is 0.258. The van der Waals surface area contributed by atoms with Gasteiger partial charge in [-0.15, -0.1) is 0 Å². The van der Waals surface area contributed by atoms with E-state index >= 15 is 0 Å². The number of aliphatic hydroxyl groups excluding tert-OH is 2. The van der Waals surface area contributed by atoms with Crippen LogP contribution in [0.4, 0.5) is 4.39 Å². The molecule has 2 aromatic carbocycles. The number of fused-ring (bicyclic) bond motifs is 1. The summed E-state index contributed by atoms with van der Waals surface area (Å²) in [6, 6.07) is 13.8. The molecule has 0 unspecified atom stereocenters. The van der Waals surface area contributed by atoms with Gasteiger partial charge in [-0.25, -0.2) is 16.8 Å². The van der Waals surface area contributed by atoms with Crippen LogP contribution in [0.5, 0.6) is 0 Å². The van der Waals surface area contributed by atoms with E-state index in [1.165, 1.54) is 48.8 Å². The van der Waals surface area contributed by atoms with Gasteiger partial charge in [0.2, 0.25) is 0 Å². The minimum atomic E-state index is -4.20. The van der Waals surface area contributed by atoms with Crippen molar-refractivity contribution in [3.63, 3.8) is 0 Å². The van der Waals surface area contributed by atoms with Gasteiger partial charge in [0, 0.05) is 35.3 Å². The van der Waals surface area contributed by atoms with Gasteiger partial charge in [-0.2, -0.15) is 0 Å². The molecule has 4 rings (SSSR count). The second kappa shape index (κ2) is 11.5. The lowest BCUT2D eigenvalue weighted by atomic mass is 9.97. The van der Waals surface area contributed by atoms with Crippen LogP contribution in [-0.4, -0.2) is 50.9 Å². The Morgan fingerprint density at radius 2 is 1.77 bits per heavy atom. The van der Waals surface area contributed by atoms with E-state index in [9.17, 15) is 27.8 Å². The molecule has 4 aromatic rings. The Hall–Kier alpha value is -3.86. The molecular weight excluding hydrogens is 523 g/mol. The second-order valence-electron chi connectivity index (χ2n) is 9.55. The molecule has 39 heavy (non-hydrogen) atoms. The molecule has 0 radical (unpaired) electrons. The number of hydrogen-bond acceptors (Lipinski definition) is 6. The van der Waals surface area contributed by atoms with Crippen LogP contribution >= 0.6 is 0 Å². The number of pyridine rings is 1. The molecule has 2 heterocycles. The largest absolute Gasteiger partial charge is 0.481 e. The molecule has 0 bridgehead atoms. The molecule has 8 nitrogen and oxygen atoms in total. The van der Waals surface area contributed by atoms with Crippen molar-refractivity contribution in [3.05, 3.63) is 90.0 Å². The number of hydrogen-bond donors (Lipinski definition) is 3. The van der Waals surface area contributed by atoms with Crippen LogP contribution in [-0.2, 0) is 14.8 Å². The first-order chi connectivity index (χ1) is 18.5. The summed E-state index contributed by atoms with van der Waals surface area (Å²) >= 11 is 0. The third-order valence-corrected chi connectivity index (χ3v) is 8.02. The molecule has 0 aliphatic rings. The highest BCUT2D eigenvalue weighted by Crippen LogP contribution is 2.37. The van der Waals surface area contributed by atoms with Gasteiger partial charge < -0.3 is 15.3 Å². The lowest BCUT2D eigenvalue weighted by molar-refractivity contribution is -0.139. The fourth-order valence-corrected chi connectivity index (χ4v) is 6.04. The van der Waals surface area contributed by atoms with Crippen LogP contribution in [0.25, 0.3) is 28.2 Å². The minimum Gasteiger partial charge on any atom is -0.481 e. The SMILES string of the molecule is CC(C)c1cn(S(=O)(=O)c2cccc3cccnc23)c(-c2ccc(F)cc2)c1/C=C/[C@@H](O)C[C@@H](O)CC(=O)O. The maximum absolute atomic E-state index is 14.2. The van der Waals surface area contributed by atoms with Crippen molar-refractivity contribution in [1.29, 1.82) is 0 Å². The molecule has 0 saturated carbocycles. The highest BCUT2D eigenvalue weighted by atomic mass is 32.2. The van der Waals surface area contributed by atoms with Gasteiger partial charge in [-0.05, 0) is 47.9 Å². The summed E-state index contributed by atoms with van der Waals surface area (Å²) in [5.41, 5.74) is 2.15. The molecule has 3 N–H and O–H groups in total. The Kier molecular flexibility index (Phi) is 8.29. The molecule has 0 fully saturated rings. The summed E-state index contributed by atoms with van der Waals surface area (Å²) in [6.07, 6.45) is 2.80. The van der Waals surface area contributed by atoms with Crippen LogP contribution in [0.3, 0.4) is 0 Å². The van der Waals surface area contributed by atoms with E-state index in [1.54, 1.807) is 30.3 Å². The first kappa shape index (κ1) is 28.2. The molecule has 0 saturated heterocycles. The first-order valence-corrected chi connectivity index (χ1v) is 13.8. The smallest absolute Gasteiger partial charge is 0.305 e. The fraction of sp³-hybridized carbons (Fsp3) is 0.241. The molecule has 0 aliphatic heterocycles. The number of carbonyl (C=O) groups is 1. The average molecular weight is 553 g/mol. The van der Waals surface area contributed by atoms with Gasteiger partial charge >= 0.3 is 5.97 Å². The number of rotatable bonds is 10. The van der Waals surface area contributed by atoms with Gasteiger partial charge in [-0.3, -0.25) is 9.78 Å². The Bertz CT molecular complexity index is 1620. The zero-order chi connectivity index (χ0) is 28.3. The highest BCUT2D eigenvalue weighted by molar-refractivity contribution is 7.90. The number of halogens is 1. The maximum Gasteiger partial charge on any atom is 0.305 e. The summed E-state index contributed by atoms with van der Waals surface area (Å²) in [5, 5.41) is 29.9. The third-order valence-electron chi connectivity index (χ3n) is 6.32. The lowest BCUT2D eigenvalue weighted by Gasteiger charge is -2.14. The zero-order valence-corrected chi connectivity index (χ0v) is 22.2. The van der Waals surface area contributed by atoms with Crippen molar-refractivity contribution in [2.75, 3.05) is 0 Å². The predicted molar refractivity (Wildman–Crippen MR) is 146 cm³/mol. The Morgan fingerprint density at radius 1 is 1.08 bits per heavy atom. The van der Waals surface area contributed by atoms with Crippen LogP contribution in [0.1, 0.15) is 43.7 Å². The monoisotopic (exact) mass is 552 g/mol. The molecule has 204 valence electrons. The Morgan fingerprint density at radius 3 is 2.44 bits per heavy atom. The van der Waals surface area contributed by atoms with Crippen LogP contribution in [0.2, 0.25) is 0 Å². The van der Waals surface area contributed by atoms with Crippen LogP contribution in [0.15, 0.2) is 78.0 Å². The number of carboxylic acid groups (broad SMARTS) is 1. The molecular formula is C29H29FN2O6S. The Labute approximate surface area is 225 Å². The van der Waals surface area contributed by atoms with E-state index in [1.807, 2.05) is 13.8 Å². The van der Waals surface area contributed by atoms with Crippen molar-refractivity contribution in [1.82, 2.24) is 8.96 Å². The number of aliphatic hydroxyl groups is 2. The second-order valence-corrected chi connectivity index (χ2v) is 11.3. The van der Waals surface area contributed by atoms with Gasteiger partial charge in [-0.1, -0.05) is 44.2 Å². The van der Waals surface area contributed by atoms with Gasteiger partial charge in [0.25, 0.3) is 10.0 Å². The third kappa shape index (κ3) is 6.08. The molecule has 0 aliphatic carbocycles. The predicted octanol–water partition coefficient (Wildman–Crippen LogP) is 4.80. The normalized spacial score (nSPS) is 13.8. The minimum absolute atomic E-state index is 0.00150. The summed E-state index contributed by atoms with van der Waals surface area (Å²) in [4.78, 5) is 15.2. The molecule has 2 atom stereocenters. The lowest BCUT2D eigenvalue weighted by Crippen LogP contribution is -2.19. The summed E-state index contributed by atoms with van der Waals surface area (Å²) < 4.78 is 43.3. The van der Waals surface area contributed by atoms with E-state index in [0.717, 1.165) is 3.97 Å². The van der Waals surface area contributed by atoms with E-state index in [2.05, 4.69) is 4.98 Å². The summed E-state index contributed by atoms with van der Waals surface area (Å²) in [6.45, 7) is 3.79.